The molecule has 0 radical (unpaired) electrons. The minimum Gasteiger partial charge on any atom is -0.784 e. The smallest absolute Gasteiger partial charge is 0.784 e. The van der Waals surface area contributed by atoms with Gasteiger partial charge in [-0.3, -0.25) is 12.6 Å². The maximum absolute atomic E-state index is 8.44. The van der Waals surface area contributed by atoms with Gasteiger partial charge in [0.1, 0.15) is 0 Å². The van der Waals surface area contributed by atoms with Crippen LogP contribution in [0.15, 0.2) is 0 Å². The molecular formula is O9S3Tb2. The normalized spacial score (nSPS) is 7.50. The van der Waals surface area contributed by atoms with E-state index in [1.807, 2.05) is 0 Å². The van der Waals surface area contributed by atoms with E-state index in [1.54, 1.807) is 0 Å². The Morgan fingerprint density at radius 1 is 0.500 bits per heavy atom. The second kappa shape index (κ2) is 24.8. The first-order valence-electron chi connectivity index (χ1n) is 1.50. The molecule has 0 aromatic carbocycles. The average molecular weight is 558 g/mol. The first kappa shape index (κ1) is 30.1. The van der Waals surface area contributed by atoms with Gasteiger partial charge < -0.3 is 27.3 Å². The summed E-state index contributed by atoms with van der Waals surface area (Å²) in [6.45, 7) is 0. The van der Waals surface area contributed by atoms with E-state index in [4.69, 9.17) is 39.9 Å². The molecular weight excluding hydrogens is 558 g/mol. The molecule has 0 atom stereocenters. The molecule has 14 heavy (non-hydrogen) atoms. The summed E-state index contributed by atoms with van der Waals surface area (Å²) in [5.74, 6) is 0. The summed E-state index contributed by atoms with van der Waals surface area (Å²) >= 11 is -9.33. The van der Waals surface area contributed by atoms with E-state index in [0.29, 0.717) is 0 Å². The Balaban J connectivity index is -0.0000000270. The van der Waals surface area contributed by atoms with Gasteiger partial charge in [-0.05, 0) is 0 Å². The van der Waals surface area contributed by atoms with Crippen molar-refractivity contribution in [3.63, 3.8) is 0 Å². The van der Waals surface area contributed by atoms with E-state index in [2.05, 4.69) is 0 Å². The van der Waals surface area contributed by atoms with Crippen LogP contribution in [0.5, 0.6) is 0 Å². The molecule has 0 fully saturated rings. The average Bonchev–Trinajstić information content (AvgIpc) is 1.54. The second-order valence-electron chi connectivity index (χ2n) is 0.612. The zero-order valence-electron chi connectivity index (χ0n) is 5.57. The summed E-state index contributed by atoms with van der Waals surface area (Å²) in [5, 5.41) is 0. The van der Waals surface area contributed by atoms with Gasteiger partial charge in [-0.2, -0.15) is 0 Å². The van der Waals surface area contributed by atoms with Crippen molar-refractivity contribution in [2.45, 2.75) is 0 Å². The summed E-state index contributed by atoms with van der Waals surface area (Å²) in [5.41, 5.74) is 0. The van der Waals surface area contributed by atoms with Crippen LogP contribution in [0.1, 0.15) is 0 Å². The molecule has 0 saturated carbocycles. The summed E-state index contributed by atoms with van der Waals surface area (Å²) in [6.07, 6.45) is 0. The molecule has 0 aliphatic rings. The van der Waals surface area contributed by atoms with E-state index in [9.17, 15) is 0 Å². The third-order valence-corrected chi connectivity index (χ3v) is 0. The molecule has 0 spiro atoms. The van der Waals surface area contributed by atoms with Crippen LogP contribution in [0.3, 0.4) is 0 Å². The Morgan fingerprint density at radius 3 is 0.500 bits per heavy atom. The van der Waals surface area contributed by atoms with Crippen LogP contribution < -0.4 is 0 Å². The van der Waals surface area contributed by atoms with Crippen molar-refractivity contribution in [1.29, 1.82) is 0 Å². The summed E-state index contributed by atoms with van der Waals surface area (Å²) in [4.78, 5) is 0. The van der Waals surface area contributed by atoms with E-state index in [0.717, 1.165) is 0 Å². The van der Waals surface area contributed by atoms with E-state index < -0.39 is 34.1 Å². The summed E-state index contributed by atoms with van der Waals surface area (Å²) in [6, 6.07) is 0. The monoisotopic (exact) mass is 558 g/mol. The minimum atomic E-state index is -3.11. The van der Waals surface area contributed by atoms with Crippen molar-refractivity contribution in [2.24, 2.45) is 0 Å². The van der Waals surface area contributed by atoms with Crippen molar-refractivity contribution >= 4 is 34.1 Å². The van der Waals surface area contributed by atoms with Gasteiger partial charge in [0.15, 0.2) is 0 Å². The van der Waals surface area contributed by atoms with E-state index in [-0.39, 0.29) is 77.2 Å². The standard InChI is InChI=1S/3H2O3S.2Tb/c3*1-4(2)3;;/h3*(H2,1,2,3);;/q;;;2*+3/p-6. The molecule has 0 heterocycles. The largest absolute Gasteiger partial charge is 3.00 e. The van der Waals surface area contributed by atoms with Crippen molar-refractivity contribution in [1.82, 2.24) is 0 Å². The third-order valence-electron chi connectivity index (χ3n) is 0. The number of hydrogen-bond acceptors (Lipinski definition) is 9. The first-order chi connectivity index (χ1) is 5.20. The van der Waals surface area contributed by atoms with E-state index >= 15 is 0 Å². The summed E-state index contributed by atoms with van der Waals surface area (Å²) in [7, 11) is 0. The first-order valence-corrected chi connectivity index (χ1v) is 4.50. The predicted molar refractivity (Wildman–Crippen MR) is 29.1 cm³/mol. The molecule has 0 aliphatic heterocycles. The Bertz CT molecular complexity index is 116. The molecule has 0 aromatic rings. The number of rotatable bonds is 0. The van der Waals surface area contributed by atoms with Gasteiger partial charge in [-0.25, -0.2) is 0 Å². The van der Waals surface area contributed by atoms with Gasteiger partial charge in [0.25, 0.3) is 0 Å². The van der Waals surface area contributed by atoms with Gasteiger partial charge >= 0.3 is 77.2 Å². The van der Waals surface area contributed by atoms with Crippen LogP contribution in [0.4, 0.5) is 0 Å². The quantitative estimate of drug-likeness (QED) is 0.279. The van der Waals surface area contributed by atoms with Gasteiger partial charge in [-0.15, -0.1) is 34.1 Å². The Hall–Kier alpha value is 2.78. The Kier molecular flexibility index (Phi) is 53.4. The van der Waals surface area contributed by atoms with Crippen LogP contribution >= 0.6 is 0 Å². The van der Waals surface area contributed by atoms with E-state index in [1.165, 1.54) is 0 Å². The van der Waals surface area contributed by atoms with Crippen LogP contribution in [-0.2, 0) is 34.1 Å². The summed E-state index contributed by atoms with van der Waals surface area (Å²) < 4.78 is 76.0. The Labute approximate surface area is 148 Å². The van der Waals surface area contributed by atoms with Gasteiger partial charge in [0.05, 0.1) is 0 Å². The third kappa shape index (κ3) is 363. The van der Waals surface area contributed by atoms with Gasteiger partial charge in [-0.1, -0.05) is 0 Å². The molecule has 0 amide bonds. The van der Waals surface area contributed by atoms with Crippen molar-refractivity contribution in [3.05, 3.63) is 0 Å². The maximum Gasteiger partial charge on any atom is 3.00 e. The molecule has 0 aliphatic carbocycles. The van der Waals surface area contributed by atoms with Crippen LogP contribution in [0, 0.1) is 77.2 Å². The zero-order valence-corrected chi connectivity index (χ0v) is 12.3. The molecule has 0 rings (SSSR count). The topological polar surface area (TPSA) is 190 Å². The van der Waals surface area contributed by atoms with Crippen molar-refractivity contribution in [3.8, 4) is 0 Å². The molecule has 0 saturated heterocycles. The zero-order chi connectivity index (χ0) is 10.7. The van der Waals surface area contributed by atoms with Crippen LogP contribution in [-0.4, -0.2) is 39.9 Å². The Morgan fingerprint density at radius 2 is 0.500 bits per heavy atom. The van der Waals surface area contributed by atoms with Crippen LogP contribution in [0.25, 0.3) is 0 Å². The van der Waals surface area contributed by atoms with Gasteiger partial charge in [0, 0.05) is 0 Å². The molecule has 9 nitrogen and oxygen atoms in total. The second-order valence-corrected chi connectivity index (χ2v) is 1.84. The van der Waals surface area contributed by atoms with Crippen molar-refractivity contribution < 1.29 is 117 Å². The molecule has 0 unspecified atom stereocenters. The molecule has 0 aromatic heterocycles. The van der Waals surface area contributed by atoms with Crippen molar-refractivity contribution in [2.75, 3.05) is 0 Å². The molecule has 90 valence electrons. The van der Waals surface area contributed by atoms with Gasteiger partial charge in [0.2, 0.25) is 0 Å². The fraction of sp³-hybridized carbons (Fsp3) is 0. The number of hydrogen-bond donors (Lipinski definition) is 0. The SMILES string of the molecule is O=S([O-])[O-].O=S([O-])[O-].O=S([O-])[O-].[Tb+3].[Tb+3]. The molecule has 0 N–H and O–H groups in total. The maximum atomic E-state index is 8.44. The molecule has 14 heteroatoms. The van der Waals surface area contributed by atoms with Crippen LogP contribution in [0.2, 0.25) is 0 Å². The fourth-order valence-corrected chi connectivity index (χ4v) is 0. The molecule has 0 bridgehead atoms. The predicted octanol–water partition coefficient (Wildman–Crippen LogP) is -3.01. The minimum absolute atomic E-state index is 0. The fourth-order valence-electron chi connectivity index (χ4n) is 0.